The van der Waals surface area contributed by atoms with Crippen LogP contribution in [0, 0.1) is 0 Å². The van der Waals surface area contributed by atoms with Gasteiger partial charge >= 0.3 is 6.18 Å². The summed E-state index contributed by atoms with van der Waals surface area (Å²) in [6.45, 7) is 0. The van der Waals surface area contributed by atoms with E-state index < -0.39 is 26.8 Å². The Morgan fingerprint density at radius 3 is 2.39 bits per heavy atom. The van der Waals surface area contributed by atoms with Gasteiger partial charge in [-0.1, -0.05) is 30.3 Å². The summed E-state index contributed by atoms with van der Waals surface area (Å²) in [6, 6.07) is 15.2. The van der Waals surface area contributed by atoms with Crippen LogP contribution in [-0.4, -0.2) is 35.2 Å². The van der Waals surface area contributed by atoms with Crippen molar-refractivity contribution in [3.05, 3.63) is 72.3 Å². The van der Waals surface area contributed by atoms with Crippen molar-refractivity contribution in [3.8, 4) is 34.0 Å². The molecule has 0 amide bonds. The molecule has 0 bridgehead atoms. The summed E-state index contributed by atoms with van der Waals surface area (Å²) >= 11 is 0. The standard InChI is InChI=1S/C25H17F3N2O5S/c1-35-20-11-14(13-4-2-5-15(10-13)25(26,27)28)8-9-16(20)24-29-18-12-21(36(32,33)34)17-6-3-7-19(31)22(17)23(18)30-24/h2-12,31H,1H3,(H,29,30)(H,32,33,34). The third kappa shape index (κ3) is 4.01. The number of fused-ring (bicyclic) bond motifs is 3. The second-order valence-electron chi connectivity index (χ2n) is 8.02. The molecule has 11 heteroatoms. The van der Waals surface area contributed by atoms with E-state index in [4.69, 9.17) is 4.74 Å². The van der Waals surface area contributed by atoms with Gasteiger partial charge in [0.05, 0.1) is 29.1 Å². The maximum absolute atomic E-state index is 13.1. The zero-order valence-electron chi connectivity index (χ0n) is 18.5. The quantitative estimate of drug-likeness (QED) is 0.253. The SMILES string of the molecule is COc1cc(-c2cccc(C(F)(F)F)c2)ccc1-c1nc2c(cc(S(=O)(=O)O)c3cccc(O)c32)[nH]1. The summed E-state index contributed by atoms with van der Waals surface area (Å²) in [4.78, 5) is 7.11. The smallest absolute Gasteiger partial charge is 0.416 e. The molecule has 3 N–H and O–H groups in total. The van der Waals surface area contributed by atoms with Crippen LogP contribution in [0.4, 0.5) is 13.2 Å². The number of hydrogen-bond donors (Lipinski definition) is 3. The molecular weight excluding hydrogens is 497 g/mol. The Morgan fingerprint density at radius 1 is 0.972 bits per heavy atom. The lowest BCUT2D eigenvalue weighted by Gasteiger charge is -2.11. The van der Waals surface area contributed by atoms with Crippen LogP contribution in [0.3, 0.4) is 0 Å². The highest BCUT2D eigenvalue weighted by Gasteiger charge is 2.30. The van der Waals surface area contributed by atoms with E-state index in [-0.39, 0.29) is 33.4 Å². The second-order valence-corrected chi connectivity index (χ2v) is 9.41. The minimum atomic E-state index is -4.62. The van der Waals surface area contributed by atoms with E-state index >= 15 is 0 Å². The van der Waals surface area contributed by atoms with Crippen LogP contribution in [-0.2, 0) is 16.3 Å². The van der Waals surface area contributed by atoms with Crippen LogP contribution in [0.1, 0.15) is 5.56 Å². The molecule has 1 heterocycles. The largest absolute Gasteiger partial charge is 0.507 e. The number of aromatic nitrogens is 2. The van der Waals surface area contributed by atoms with Gasteiger partial charge < -0.3 is 14.8 Å². The van der Waals surface area contributed by atoms with Crippen molar-refractivity contribution in [1.29, 1.82) is 0 Å². The molecule has 0 aliphatic carbocycles. The molecule has 5 rings (SSSR count). The first-order valence-electron chi connectivity index (χ1n) is 10.5. The highest BCUT2D eigenvalue weighted by atomic mass is 32.2. The summed E-state index contributed by atoms with van der Waals surface area (Å²) < 4.78 is 78.6. The molecule has 184 valence electrons. The van der Waals surface area contributed by atoms with Gasteiger partial charge in [0.15, 0.2) is 0 Å². The molecule has 0 saturated heterocycles. The summed E-state index contributed by atoms with van der Waals surface area (Å²) in [7, 11) is -3.22. The van der Waals surface area contributed by atoms with Crippen molar-refractivity contribution in [2.75, 3.05) is 7.11 Å². The number of phenols is 1. The number of methoxy groups -OCH3 is 1. The Kier molecular flexibility index (Phi) is 5.42. The number of imidazole rings is 1. The fraction of sp³-hybridized carbons (Fsp3) is 0.0800. The number of hydrogen-bond acceptors (Lipinski definition) is 5. The number of halogens is 3. The summed E-state index contributed by atoms with van der Waals surface area (Å²) in [5.41, 5.74) is 0.982. The molecule has 0 saturated carbocycles. The first kappa shape index (κ1) is 23.6. The molecular formula is C25H17F3N2O5S. The highest BCUT2D eigenvalue weighted by Crippen LogP contribution is 2.39. The zero-order chi connectivity index (χ0) is 25.8. The van der Waals surface area contributed by atoms with E-state index in [1.165, 1.54) is 37.4 Å². The molecule has 36 heavy (non-hydrogen) atoms. The predicted octanol–water partition coefficient (Wildman–Crippen LogP) is 6.03. The molecule has 4 aromatic carbocycles. The topological polar surface area (TPSA) is 113 Å². The number of H-pyrrole nitrogens is 1. The lowest BCUT2D eigenvalue weighted by Crippen LogP contribution is -2.04. The Balaban J connectivity index is 1.69. The van der Waals surface area contributed by atoms with Gasteiger partial charge in [0.2, 0.25) is 0 Å². The number of aromatic hydroxyl groups is 1. The highest BCUT2D eigenvalue weighted by molar-refractivity contribution is 7.86. The fourth-order valence-corrected chi connectivity index (χ4v) is 4.88. The maximum Gasteiger partial charge on any atom is 0.416 e. The van der Waals surface area contributed by atoms with Crippen molar-refractivity contribution >= 4 is 31.9 Å². The minimum Gasteiger partial charge on any atom is -0.507 e. The van der Waals surface area contributed by atoms with Crippen LogP contribution in [0.5, 0.6) is 11.5 Å². The van der Waals surface area contributed by atoms with E-state index in [9.17, 15) is 31.2 Å². The van der Waals surface area contributed by atoms with E-state index in [1.54, 1.807) is 24.3 Å². The van der Waals surface area contributed by atoms with Gasteiger partial charge in [0.25, 0.3) is 10.1 Å². The zero-order valence-corrected chi connectivity index (χ0v) is 19.3. The van der Waals surface area contributed by atoms with Crippen molar-refractivity contribution in [2.45, 2.75) is 11.1 Å². The summed E-state index contributed by atoms with van der Waals surface area (Å²) in [5, 5.41) is 10.7. The van der Waals surface area contributed by atoms with E-state index in [0.29, 0.717) is 22.4 Å². The van der Waals surface area contributed by atoms with Gasteiger partial charge in [-0.25, -0.2) is 4.98 Å². The van der Waals surface area contributed by atoms with E-state index in [1.807, 2.05) is 0 Å². The van der Waals surface area contributed by atoms with Crippen LogP contribution in [0.2, 0.25) is 0 Å². The molecule has 0 spiro atoms. The minimum absolute atomic E-state index is 0.0925. The van der Waals surface area contributed by atoms with E-state index in [2.05, 4.69) is 9.97 Å². The van der Waals surface area contributed by atoms with Crippen LogP contribution < -0.4 is 4.74 Å². The number of nitrogens with one attached hydrogen (secondary N) is 1. The molecule has 0 atom stereocenters. The third-order valence-electron chi connectivity index (χ3n) is 5.81. The molecule has 0 unspecified atom stereocenters. The number of benzene rings is 4. The molecule has 0 fully saturated rings. The second kappa shape index (κ2) is 8.25. The number of phenolic OH excluding ortho intramolecular Hbond substituents is 1. The molecule has 0 aliphatic heterocycles. The average molecular weight is 514 g/mol. The van der Waals surface area contributed by atoms with Gasteiger partial charge in [0.1, 0.15) is 27.7 Å². The van der Waals surface area contributed by atoms with Gasteiger partial charge in [-0.3, -0.25) is 4.55 Å². The summed E-state index contributed by atoms with van der Waals surface area (Å²) in [6.07, 6.45) is -4.48. The van der Waals surface area contributed by atoms with Crippen LogP contribution in [0.15, 0.2) is 71.6 Å². The Morgan fingerprint density at radius 2 is 1.69 bits per heavy atom. The summed E-state index contributed by atoms with van der Waals surface area (Å²) in [5.74, 6) is 0.329. The first-order chi connectivity index (χ1) is 17.0. The molecule has 0 aliphatic rings. The number of ether oxygens (including phenoxy) is 1. The molecule has 7 nitrogen and oxygen atoms in total. The van der Waals surface area contributed by atoms with Gasteiger partial charge in [-0.2, -0.15) is 21.6 Å². The maximum atomic E-state index is 13.1. The third-order valence-corrected chi connectivity index (χ3v) is 6.70. The van der Waals surface area contributed by atoms with Gasteiger partial charge in [-0.15, -0.1) is 0 Å². The predicted molar refractivity (Wildman–Crippen MR) is 128 cm³/mol. The monoisotopic (exact) mass is 514 g/mol. The van der Waals surface area contributed by atoms with Crippen molar-refractivity contribution in [1.82, 2.24) is 9.97 Å². The number of nitrogens with zero attached hydrogens (tertiary/aromatic N) is 1. The normalized spacial score (nSPS) is 12.4. The Hall–Kier alpha value is -4.09. The van der Waals surface area contributed by atoms with Crippen LogP contribution in [0.25, 0.3) is 44.3 Å². The molecule has 1 aromatic heterocycles. The average Bonchev–Trinajstić information content (AvgIpc) is 3.26. The Bertz CT molecular complexity index is 1760. The van der Waals surface area contributed by atoms with Crippen molar-refractivity contribution in [3.63, 3.8) is 0 Å². The van der Waals surface area contributed by atoms with Crippen molar-refractivity contribution < 1.29 is 36.0 Å². The van der Waals surface area contributed by atoms with Crippen molar-refractivity contribution in [2.24, 2.45) is 0 Å². The fourth-order valence-electron chi connectivity index (χ4n) is 4.17. The van der Waals surface area contributed by atoms with Gasteiger partial charge in [-0.05, 0) is 47.5 Å². The first-order valence-corrected chi connectivity index (χ1v) is 11.9. The number of aromatic amines is 1. The van der Waals surface area contributed by atoms with E-state index in [0.717, 1.165) is 12.1 Å². The van der Waals surface area contributed by atoms with Crippen LogP contribution >= 0.6 is 0 Å². The Labute approximate surface area is 202 Å². The lowest BCUT2D eigenvalue weighted by atomic mass is 10.0. The molecule has 0 radical (unpaired) electrons. The lowest BCUT2D eigenvalue weighted by molar-refractivity contribution is -0.137. The van der Waals surface area contributed by atoms with Gasteiger partial charge in [0, 0.05) is 5.39 Å². The number of alkyl halides is 3. The number of rotatable bonds is 4. The molecule has 5 aromatic rings.